The van der Waals surface area contributed by atoms with Crippen LogP contribution in [0.1, 0.15) is 65.9 Å². The van der Waals surface area contributed by atoms with Crippen molar-refractivity contribution in [2.75, 3.05) is 40.9 Å². The van der Waals surface area contributed by atoms with Gasteiger partial charge in [-0.25, -0.2) is 0 Å². The number of rotatable bonds is 7. The normalized spacial score (nSPS) is 14.3. The number of hydrogen-bond acceptors (Lipinski definition) is 5. The summed E-state index contributed by atoms with van der Waals surface area (Å²) >= 11 is 0. The van der Waals surface area contributed by atoms with Crippen LogP contribution in [-0.4, -0.2) is 37.2 Å². The van der Waals surface area contributed by atoms with Gasteiger partial charge in [0.15, 0.2) is 0 Å². The zero-order valence-corrected chi connectivity index (χ0v) is 25.4. The van der Waals surface area contributed by atoms with Gasteiger partial charge in [0.1, 0.15) is 22.8 Å². The number of benzene rings is 4. The standard InChI is InChI=1S/C36H39N3O3/c1-7-37(8-2)30-21-33-27(19-23(30)5)36(28-20-24(6)31(22-34(28)42-33)38(9-3)10-4)26-16-12-11-15-25(26)35(41)39(36)29-17-13-14-18-32(29)40/h11-22,40H,7-10H2,1-6H3. The van der Waals surface area contributed by atoms with Gasteiger partial charge in [-0.1, -0.05) is 30.3 Å². The van der Waals surface area contributed by atoms with Crippen molar-refractivity contribution in [1.29, 1.82) is 0 Å². The lowest BCUT2D eigenvalue weighted by Gasteiger charge is -2.45. The van der Waals surface area contributed by atoms with Crippen LogP contribution >= 0.6 is 0 Å². The molecule has 6 nitrogen and oxygen atoms in total. The molecule has 0 atom stereocenters. The van der Waals surface area contributed by atoms with Gasteiger partial charge < -0.3 is 19.6 Å². The lowest BCUT2D eigenvalue weighted by atomic mass is 9.73. The van der Waals surface area contributed by atoms with Crippen molar-refractivity contribution < 1.29 is 14.6 Å². The first-order valence-corrected chi connectivity index (χ1v) is 15.0. The van der Waals surface area contributed by atoms with Gasteiger partial charge in [-0.05, 0) is 83.0 Å². The number of para-hydroxylation sites is 2. The van der Waals surface area contributed by atoms with Crippen LogP contribution in [0.25, 0.3) is 0 Å². The second-order valence-electron chi connectivity index (χ2n) is 11.1. The Hall–Kier alpha value is -4.45. The topological polar surface area (TPSA) is 56.2 Å². The molecule has 0 saturated heterocycles. The van der Waals surface area contributed by atoms with Crippen LogP contribution in [-0.2, 0) is 5.54 Å². The SMILES string of the molecule is CCN(CC)c1cc2c(cc1C)C1(c3cc(C)c(N(CC)CC)cc3O2)c2ccccc2C(=O)N1c1ccccc1O. The summed E-state index contributed by atoms with van der Waals surface area (Å²) in [5, 5.41) is 11.2. The molecular formula is C36H39N3O3. The average Bonchev–Trinajstić information content (AvgIpc) is 3.25. The van der Waals surface area contributed by atoms with Crippen LogP contribution < -0.4 is 19.4 Å². The summed E-state index contributed by atoms with van der Waals surface area (Å²) in [6.45, 7) is 16.4. The molecule has 1 spiro atoms. The fraction of sp³-hybridized carbons (Fsp3) is 0.306. The summed E-state index contributed by atoms with van der Waals surface area (Å²) in [4.78, 5) is 20.9. The van der Waals surface area contributed by atoms with Crippen LogP contribution in [0.15, 0.2) is 72.8 Å². The minimum Gasteiger partial charge on any atom is -0.506 e. The molecule has 0 saturated carbocycles. The number of carbonyl (C=O) groups is 1. The number of hydrogen-bond donors (Lipinski definition) is 1. The fourth-order valence-electron chi connectivity index (χ4n) is 7.02. The van der Waals surface area contributed by atoms with E-state index >= 15 is 0 Å². The first-order valence-electron chi connectivity index (χ1n) is 15.0. The second-order valence-corrected chi connectivity index (χ2v) is 11.1. The first kappa shape index (κ1) is 27.7. The van der Waals surface area contributed by atoms with Crippen molar-refractivity contribution in [3.63, 3.8) is 0 Å². The minimum atomic E-state index is -1.05. The number of aromatic hydroxyl groups is 1. The van der Waals surface area contributed by atoms with E-state index < -0.39 is 5.54 Å². The Bertz CT molecular complexity index is 1620. The van der Waals surface area contributed by atoms with Crippen molar-refractivity contribution >= 4 is 23.0 Å². The van der Waals surface area contributed by atoms with Gasteiger partial charge >= 0.3 is 0 Å². The zero-order chi connectivity index (χ0) is 29.8. The molecule has 4 aromatic carbocycles. The molecule has 42 heavy (non-hydrogen) atoms. The number of nitrogens with zero attached hydrogens (tertiary/aromatic N) is 3. The number of phenols is 1. The number of fused-ring (bicyclic) bond motifs is 6. The Kier molecular flexibility index (Phi) is 6.88. The molecule has 2 aliphatic heterocycles. The number of carbonyl (C=O) groups excluding carboxylic acids is 1. The summed E-state index contributed by atoms with van der Waals surface area (Å²) in [5.41, 5.74) is 7.14. The third-order valence-corrected chi connectivity index (χ3v) is 9.01. The molecule has 0 bridgehead atoms. The van der Waals surface area contributed by atoms with Crippen LogP contribution in [0.2, 0.25) is 0 Å². The highest BCUT2D eigenvalue weighted by atomic mass is 16.5. The van der Waals surface area contributed by atoms with E-state index in [-0.39, 0.29) is 11.7 Å². The van der Waals surface area contributed by atoms with E-state index in [2.05, 4.69) is 75.6 Å². The van der Waals surface area contributed by atoms with Gasteiger partial charge in [-0.2, -0.15) is 0 Å². The molecule has 6 heteroatoms. The third-order valence-electron chi connectivity index (χ3n) is 9.01. The smallest absolute Gasteiger partial charge is 0.260 e. The summed E-state index contributed by atoms with van der Waals surface area (Å²) in [6.07, 6.45) is 0. The van der Waals surface area contributed by atoms with E-state index in [0.29, 0.717) is 22.7 Å². The largest absolute Gasteiger partial charge is 0.506 e. The van der Waals surface area contributed by atoms with Gasteiger partial charge in [0.2, 0.25) is 0 Å². The highest BCUT2D eigenvalue weighted by Crippen LogP contribution is 2.60. The number of phenolic OH excluding ortho intramolecular Hbond substituents is 1. The number of amides is 1. The molecule has 216 valence electrons. The molecule has 1 amide bonds. The average molecular weight is 562 g/mol. The van der Waals surface area contributed by atoms with Gasteiger partial charge in [0, 0.05) is 71.9 Å². The minimum absolute atomic E-state index is 0.0561. The maximum atomic E-state index is 14.5. The summed E-state index contributed by atoms with van der Waals surface area (Å²) in [6, 6.07) is 23.6. The number of ether oxygens (including phenoxy) is 1. The van der Waals surface area contributed by atoms with E-state index in [1.54, 1.807) is 17.0 Å². The van der Waals surface area contributed by atoms with Gasteiger partial charge in [-0.15, -0.1) is 0 Å². The summed E-state index contributed by atoms with van der Waals surface area (Å²) in [5.74, 6) is 1.34. The first-order chi connectivity index (χ1) is 20.3. The van der Waals surface area contributed by atoms with E-state index in [4.69, 9.17) is 4.74 Å². The zero-order valence-electron chi connectivity index (χ0n) is 25.4. The lowest BCUT2D eigenvalue weighted by molar-refractivity contribution is 0.0985. The van der Waals surface area contributed by atoms with E-state index in [0.717, 1.165) is 65.4 Å². The van der Waals surface area contributed by atoms with E-state index in [1.807, 2.05) is 36.4 Å². The van der Waals surface area contributed by atoms with Gasteiger partial charge in [-0.3, -0.25) is 9.69 Å². The predicted molar refractivity (Wildman–Crippen MR) is 171 cm³/mol. The number of aryl methyl sites for hydroxylation is 2. The predicted octanol–water partition coefficient (Wildman–Crippen LogP) is 7.76. The van der Waals surface area contributed by atoms with Crippen molar-refractivity contribution in [3.8, 4) is 17.2 Å². The Morgan fingerprint density at radius 1 is 0.714 bits per heavy atom. The molecule has 2 aliphatic rings. The van der Waals surface area contributed by atoms with Crippen LogP contribution in [0.4, 0.5) is 17.1 Å². The van der Waals surface area contributed by atoms with Gasteiger partial charge in [0.05, 0.1) is 5.69 Å². The van der Waals surface area contributed by atoms with E-state index in [9.17, 15) is 9.90 Å². The Morgan fingerprint density at radius 3 is 1.74 bits per heavy atom. The number of anilines is 3. The molecular weight excluding hydrogens is 522 g/mol. The Balaban J connectivity index is 1.77. The highest BCUT2D eigenvalue weighted by Gasteiger charge is 2.57. The van der Waals surface area contributed by atoms with Crippen LogP contribution in [0.5, 0.6) is 17.2 Å². The summed E-state index contributed by atoms with van der Waals surface area (Å²) in [7, 11) is 0. The van der Waals surface area contributed by atoms with Crippen molar-refractivity contribution in [1.82, 2.24) is 0 Å². The molecule has 1 N–H and O–H groups in total. The fourth-order valence-corrected chi connectivity index (χ4v) is 7.02. The van der Waals surface area contributed by atoms with Crippen molar-refractivity contribution in [3.05, 3.63) is 106 Å². The Labute approximate surface area is 248 Å². The van der Waals surface area contributed by atoms with E-state index in [1.165, 1.54) is 0 Å². The molecule has 4 aromatic rings. The molecule has 0 aliphatic carbocycles. The van der Waals surface area contributed by atoms with Crippen molar-refractivity contribution in [2.24, 2.45) is 0 Å². The van der Waals surface area contributed by atoms with Crippen LogP contribution in [0, 0.1) is 13.8 Å². The second kappa shape index (κ2) is 10.4. The molecule has 0 fully saturated rings. The lowest BCUT2D eigenvalue weighted by Crippen LogP contribution is -2.48. The maximum absolute atomic E-state index is 14.5. The Morgan fingerprint density at radius 2 is 1.21 bits per heavy atom. The van der Waals surface area contributed by atoms with Crippen molar-refractivity contribution in [2.45, 2.75) is 47.1 Å². The van der Waals surface area contributed by atoms with Crippen LogP contribution in [0.3, 0.4) is 0 Å². The molecule has 0 radical (unpaired) electrons. The highest BCUT2D eigenvalue weighted by molar-refractivity contribution is 6.15. The van der Waals surface area contributed by atoms with Gasteiger partial charge in [0.25, 0.3) is 5.91 Å². The molecule has 0 unspecified atom stereocenters. The molecule has 6 rings (SSSR count). The third kappa shape index (κ3) is 3.81. The maximum Gasteiger partial charge on any atom is 0.260 e. The molecule has 0 aromatic heterocycles. The monoisotopic (exact) mass is 561 g/mol. The molecule has 2 heterocycles. The quantitative estimate of drug-likeness (QED) is 0.250. The summed E-state index contributed by atoms with van der Waals surface area (Å²) < 4.78 is 6.84.